The van der Waals surface area contributed by atoms with Gasteiger partial charge in [-0.2, -0.15) is 0 Å². The fraction of sp³-hybridized carbons (Fsp3) is 0.278. The van der Waals surface area contributed by atoms with E-state index >= 15 is 0 Å². The van der Waals surface area contributed by atoms with Crippen molar-refractivity contribution < 1.29 is 13.9 Å². The summed E-state index contributed by atoms with van der Waals surface area (Å²) >= 11 is 0. The molecule has 3 rings (SSSR count). The molecule has 0 bridgehead atoms. The number of morpholine rings is 1. The molecule has 1 fully saturated rings. The van der Waals surface area contributed by atoms with E-state index in [1.807, 2.05) is 18.2 Å². The van der Waals surface area contributed by atoms with Crippen molar-refractivity contribution in [2.75, 3.05) is 19.7 Å². The molecule has 0 aliphatic carbocycles. The van der Waals surface area contributed by atoms with Gasteiger partial charge in [-0.15, -0.1) is 0 Å². The molecule has 0 saturated carbocycles. The molecule has 2 aromatic rings. The lowest BCUT2D eigenvalue weighted by molar-refractivity contribution is -0.0229. The van der Waals surface area contributed by atoms with E-state index in [4.69, 9.17) is 10.5 Å². The summed E-state index contributed by atoms with van der Waals surface area (Å²) in [7, 11) is 0. The highest BCUT2D eigenvalue weighted by Gasteiger charge is 2.26. The number of amides is 1. The van der Waals surface area contributed by atoms with Gasteiger partial charge in [0.15, 0.2) is 0 Å². The van der Waals surface area contributed by atoms with Crippen LogP contribution in [0.4, 0.5) is 4.39 Å². The summed E-state index contributed by atoms with van der Waals surface area (Å²) in [4.78, 5) is 14.4. The van der Waals surface area contributed by atoms with Crippen LogP contribution in [0.25, 0.3) is 0 Å². The van der Waals surface area contributed by atoms with Crippen LogP contribution in [0.1, 0.15) is 27.6 Å². The van der Waals surface area contributed by atoms with Crippen LogP contribution in [0.2, 0.25) is 0 Å². The fourth-order valence-corrected chi connectivity index (χ4v) is 2.71. The third-order valence-electron chi connectivity index (χ3n) is 4.01. The molecule has 0 radical (unpaired) electrons. The third-order valence-corrected chi connectivity index (χ3v) is 4.01. The first kappa shape index (κ1) is 15.6. The van der Waals surface area contributed by atoms with E-state index in [9.17, 15) is 9.18 Å². The lowest BCUT2D eigenvalue weighted by atomic mass is 10.1. The quantitative estimate of drug-likeness (QED) is 0.947. The number of rotatable bonds is 3. The molecule has 1 saturated heterocycles. The van der Waals surface area contributed by atoms with Gasteiger partial charge in [0.25, 0.3) is 5.91 Å². The summed E-state index contributed by atoms with van der Waals surface area (Å²) in [6.45, 7) is 1.84. The van der Waals surface area contributed by atoms with Crippen LogP contribution in [-0.2, 0) is 11.3 Å². The minimum atomic E-state index is -0.299. The van der Waals surface area contributed by atoms with Crippen molar-refractivity contribution in [1.29, 1.82) is 0 Å². The number of hydrogen-bond acceptors (Lipinski definition) is 3. The Kier molecular flexibility index (Phi) is 4.69. The highest BCUT2D eigenvalue weighted by Crippen LogP contribution is 2.24. The Balaban J connectivity index is 1.73. The first-order chi connectivity index (χ1) is 11.2. The lowest BCUT2D eigenvalue weighted by Crippen LogP contribution is -2.42. The second-order valence-electron chi connectivity index (χ2n) is 5.57. The average molecular weight is 314 g/mol. The molecule has 23 heavy (non-hydrogen) atoms. The maximum Gasteiger partial charge on any atom is 0.254 e. The van der Waals surface area contributed by atoms with Gasteiger partial charge < -0.3 is 15.4 Å². The molecule has 5 heteroatoms. The molecule has 4 nitrogen and oxygen atoms in total. The van der Waals surface area contributed by atoms with Gasteiger partial charge in [-0.3, -0.25) is 4.79 Å². The maximum atomic E-state index is 13.4. The zero-order chi connectivity index (χ0) is 16.2. The number of ether oxygens (including phenoxy) is 1. The van der Waals surface area contributed by atoms with Crippen molar-refractivity contribution in [3.05, 3.63) is 71.0 Å². The molecule has 2 aromatic carbocycles. The normalized spacial score (nSPS) is 18.0. The Morgan fingerprint density at radius 2 is 2.04 bits per heavy atom. The maximum absolute atomic E-state index is 13.4. The van der Waals surface area contributed by atoms with Crippen molar-refractivity contribution in [1.82, 2.24) is 4.90 Å². The van der Waals surface area contributed by atoms with Gasteiger partial charge in [-0.1, -0.05) is 24.3 Å². The van der Waals surface area contributed by atoms with E-state index in [-0.39, 0.29) is 17.8 Å². The molecule has 0 spiro atoms. The average Bonchev–Trinajstić information content (AvgIpc) is 2.61. The van der Waals surface area contributed by atoms with Crippen molar-refractivity contribution in [2.24, 2.45) is 5.73 Å². The van der Waals surface area contributed by atoms with E-state index < -0.39 is 0 Å². The van der Waals surface area contributed by atoms with Gasteiger partial charge in [0, 0.05) is 18.7 Å². The number of halogens is 1. The Morgan fingerprint density at radius 1 is 1.26 bits per heavy atom. The standard InChI is InChI=1S/C18H19FN2O2/c19-16-3-1-2-15(10-16)17-12-21(8-9-23-17)18(22)14-6-4-13(11-20)5-7-14/h1-7,10,17H,8-9,11-12,20H2. The Morgan fingerprint density at radius 3 is 2.74 bits per heavy atom. The zero-order valence-electron chi connectivity index (χ0n) is 12.7. The summed E-state index contributed by atoms with van der Waals surface area (Å²) in [6.07, 6.45) is -0.299. The Hall–Kier alpha value is -2.24. The Bertz CT molecular complexity index is 688. The van der Waals surface area contributed by atoms with E-state index in [0.29, 0.717) is 31.8 Å². The SMILES string of the molecule is NCc1ccc(C(=O)N2CCOC(c3cccc(F)c3)C2)cc1. The van der Waals surface area contributed by atoms with Gasteiger partial charge in [-0.05, 0) is 35.4 Å². The predicted molar refractivity (Wildman–Crippen MR) is 85.3 cm³/mol. The molecular weight excluding hydrogens is 295 g/mol. The van der Waals surface area contributed by atoms with E-state index in [0.717, 1.165) is 11.1 Å². The van der Waals surface area contributed by atoms with Gasteiger partial charge in [0.1, 0.15) is 11.9 Å². The summed E-state index contributed by atoms with van der Waals surface area (Å²) in [5.74, 6) is -0.342. The molecule has 1 amide bonds. The largest absolute Gasteiger partial charge is 0.370 e. The van der Waals surface area contributed by atoms with Crippen LogP contribution in [-0.4, -0.2) is 30.5 Å². The van der Waals surface area contributed by atoms with E-state index in [2.05, 4.69) is 0 Å². The van der Waals surface area contributed by atoms with Gasteiger partial charge >= 0.3 is 0 Å². The molecule has 1 unspecified atom stereocenters. The zero-order valence-corrected chi connectivity index (χ0v) is 12.7. The second-order valence-corrected chi connectivity index (χ2v) is 5.57. The minimum Gasteiger partial charge on any atom is -0.370 e. The molecule has 120 valence electrons. The van der Waals surface area contributed by atoms with Gasteiger partial charge in [0.2, 0.25) is 0 Å². The number of carbonyl (C=O) groups excluding carboxylic acids is 1. The second kappa shape index (κ2) is 6.89. The molecular formula is C18H19FN2O2. The topological polar surface area (TPSA) is 55.6 Å². The molecule has 1 aliphatic heterocycles. The predicted octanol–water partition coefficient (Wildman–Crippen LogP) is 2.50. The summed E-state index contributed by atoms with van der Waals surface area (Å²) < 4.78 is 19.1. The number of nitrogens with two attached hydrogens (primary N) is 1. The first-order valence-corrected chi connectivity index (χ1v) is 7.63. The van der Waals surface area contributed by atoms with Crippen molar-refractivity contribution in [3.63, 3.8) is 0 Å². The summed E-state index contributed by atoms with van der Waals surface area (Å²) in [5.41, 5.74) is 7.94. The number of nitrogens with zero attached hydrogens (tertiary/aromatic N) is 1. The number of carbonyl (C=O) groups is 1. The van der Waals surface area contributed by atoms with Gasteiger partial charge in [0.05, 0.1) is 13.2 Å². The van der Waals surface area contributed by atoms with E-state index in [1.165, 1.54) is 12.1 Å². The number of benzene rings is 2. The highest BCUT2D eigenvalue weighted by atomic mass is 19.1. The number of hydrogen-bond donors (Lipinski definition) is 1. The van der Waals surface area contributed by atoms with Crippen molar-refractivity contribution in [3.8, 4) is 0 Å². The van der Waals surface area contributed by atoms with Crippen LogP contribution < -0.4 is 5.73 Å². The van der Waals surface area contributed by atoms with Crippen LogP contribution >= 0.6 is 0 Å². The molecule has 1 atom stereocenters. The first-order valence-electron chi connectivity index (χ1n) is 7.63. The molecule has 2 N–H and O–H groups in total. The smallest absolute Gasteiger partial charge is 0.254 e. The summed E-state index contributed by atoms with van der Waals surface area (Å²) in [5, 5.41) is 0. The minimum absolute atomic E-state index is 0.0433. The highest BCUT2D eigenvalue weighted by molar-refractivity contribution is 5.94. The van der Waals surface area contributed by atoms with Crippen molar-refractivity contribution in [2.45, 2.75) is 12.6 Å². The Labute approximate surface area is 134 Å². The van der Waals surface area contributed by atoms with Crippen LogP contribution in [0, 0.1) is 5.82 Å². The fourth-order valence-electron chi connectivity index (χ4n) is 2.71. The summed E-state index contributed by atoms with van der Waals surface area (Å²) in [6, 6.07) is 13.6. The lowest BCUT2D eigenvalue weighted by Gasteiger charge is -2.33. The van der Waals surface area contributed by atoms with Crippen LogP contribution in [0.3, 0.4) is 0 Å². The molecule has 1 heterocycles. The molecule has 0 aromatic heterocycles. The van der Waals surface area contributed by atoms with Crippen LogP contribution in [0.5, 0.6) is 0 Å². The van der Waals surface area contributed by atoms with Crippen LogP contribution in [0.15, 0.2) is 48.5 Å². The third kappa shape index (κ3) is 3.57. The van der Waals surface area contributed by atoms with Gasteiger partial charge in [-0.25, -0.2) is 4.39 Å². The molecule has 1 aliphatic rings. The van der Waals surface area contributed by atoms with E-state index in [1.54, 1.807) is 23.1 Å². The van der Waals surface area contributed by atoms with Crippen molar-refractivity contribution >= 4 is 5.91 Å². The monoisotopic (exact) mass is 314 g/mol.